The third kappa shape index (κ3) is 2.02. The minimum absolute atomic E-state index is 0.880. The quantitative estimate of drug-likeness (QED) is 0.556. The van der Waals surface area contributed by atoms with Gasteiger partial charge in [-0.2, -0.15) is 0 Å². The summed E-state index contributed by atoms with van der Waals surface area (Å²) in [4.78, 5) is 0. The van der Waals surface area contributed by atoms with Gasteiger partial charge in [-0.3, -0.25) is 0 Å². The first-order valence-electron chi connectivity index (χ1n) is 5.52. The fraction of sp³-hybridized carbons (Fsp3) is 1.00. The van der Waals surface area contributed by atoms with Gasteiger partial charge in [0.05, 0.1) is 0 Å². The van der Waals surface area contributed by atoms with Crippen LogP contribution in [-0.2, 0) is 0 Å². The molecule has 4 unspecified atom stereocenters. The predicted octanol–water partition coefficient (Wildman–Crippen LogP) is 3.96. The smallest absolute Gasteiger partial charge is 0.0360 e. The molecule has 72 valence electrons. The van der Waals surface area contributed by atoms with Gasteiger partial charge >= 0.3 is 0 Å². The molecule has 0 amide bonds. The van der Waals surface area contributed by atoms with E-state index in [0.717, 1.165) is 29.6 Å². The average molecular weight is 168 g/mol. The molecule has 0 bridgehead atoms. The van der Waals surface area contributed by atoms with Crippen molar-refractivity contribution >= 4 is 0 Å². The fourth-order valence-electron chi connectivity index (χ4n) is 2.93. The van der Waals surface area contributed by atoms with Crippen molar-refractivity contribution in [3.05, 3.63) is 0 Å². The van der Waals surface area contributed by atoms with Crippen LogP contribution >= 0.6 is 0 Å². The number of rotatable bonds is 1. The Labute approximate surface area is 77.7 Å². The lowest BCUT2D eigenvalue weighted by Crippen LogP contribution is -2.31. The minimum Gasteiger partial charge on any atom is -0.0625 e. The van der Waals surface area contributed by atoms with Crippen LogP contribution in [0.2, 0.25) is 0 Å². The summed E-state index contributed by atoms with van der Waals surface area (Å²) in [5.74, 6) is 4.71. The van der Waals surface area contributed by atoms with Gasteiger partial charge in [-0.25, -0.2) is 0 Å². The molecule has 0 aromatic carbocycles. The van der Waals surface area contributed by atoms with E-state index in [4.69, 9.17) is 0 Å². The molecule has 0 radical (unpaired) electrons. The number of hydrogen-bond donors (Lipinski definition) is 0. The topological polar surface area (TPSA) is 0 Å². The van der Waals surface area contributed by atoms with E-state index in [1.807, 2.05) is 0 Å². The molecule has 0 aliphatic heterocycles. The Hall–Kier alpha value is 0. The van der Waals surface area contributed by atoms with E-state index in [-0.39, 0.29) is 0 Å². The first-order chi connectivity index (χ1) is 5.52. The largest absolute Gasteiger partial charge is 0.0625 e. The van der Waals surface area contributed by atoms with Gasteiger partial charge in [-0.05, 0) is 42.4 Å². The Morgan fingerprint density at radius 2 is 1.58 bits per heavy atom. The summed E-state index contributed by atoms with van der Waals surface area (Å²) in [6, 6.07) is 0. The normalized spacial score (nSPS) is 43.5. The van der Waals surface area contributed by atoms with Gasteiger partial charge in [0.2, 0.25) is 0 Å². The molecule has 0 aromatic rings. The summed E-state index contributed by atoms with van der Waals surface area (Å²) >= 11 is 0. The molecule has 1 fully saturated rings. The lowest BCUT2D eigenvalue weighted by Gasteiger charge is -2.40. The molecule has 0 spiro atoms. The van der Waals surface area contributed by atoms with Crippen LogP contribution in [0.25, 0.3) is 0 Å². The van der Waals surface area contributed by atoms with Crippen LogP contribution in [-0.4, -0.2) is 0 Å². The van der Waals surface area contributed by atoms with E-state index >= 15 is 0 Å². The molecule has 0 saturated heterocycles. The highest BCUT2D eigenvalue weighted by atomic mass is 14.4. The summed E-state index contributed by atoms with van der Waals surface area (Å²) in [5.41, 5.74) is 0. The monoisotopic (exact) mass is 168 g/mol. The van der Waals surface area contributed by atoms with Gasteiger partial charge in [-0.1, -0.05) is 34.6 Å². The highest BCUT2D eigenvalue weighted by molar-refractivity contribution is 4.81. The van der Waals surface area contributed by atoms with Crippen LogP contribution in [0.1, 0.15) is 47.5 Å². The lowest BCUT2D eigenvalue weighted by molar-refractivity contribution is 0.102. The second-order valence-corrected chi connectivity index (χ2v) is 5.32. The summed E-state index contributed by atoms with van der Waals surface area (Å²) in [7, 11) is 0. The van der Waals surface area contributed by atoms with Crippen LogP contribution in [0.4, 0.5) is 0 Å². The molecule has 0 aromatic heterocycles. The van der Waals surface area contributed by atoms with Gasteiger partial charge in [-0.15, -0.1) is 0 Å². The van der Waals surface area contributed by atoms with Crippen LogP contribution in [0, 0.1) is 29.6 Å². The standard InChI is InChI=1S/C12H24/c1-8(2)12-7-9(3)6-10(4)11(12)5/h8-12H,6-7H2,1-5H3. The van der Waals surface area contributed by atoms with Gasteiger partial charge in [0.15, 0.2) is 0 Å². The molecule has 1 saturated carbocycles. The van der Waals surface area contributed by atoms with E-state index in [0.29, 0.717) is 0 Å². The van der Waals surface area contributed by atoms with E-state index in [1.54, 1.807) is 0 Å². The first-order valence-corrected chi connectivity index (χ1v) is 5.52. The zero-order valence-corrected chi connectivity index (χ0v) is 9.30. The molecule has 0 N–H and O–H groups in total. The SMILES string of the molecule is CC1CC(C)C(C)C(C(C)C)C1. The van der Waals surface area contributed by atoms with Crippen molar-refractivity contribution in [3.63, 3.8) is 0 Å². The average Bonchev–Trinajstić information content (AvgIpc) is 1.96. The zero-order chi connectivity index (χ0) is 9.30. The molecule has 1 aliphatic rings. The minimum atomic E-state index is 0.880. The Balaban J connectivity index is 2.60. The van der Waals surface area contributed by atoms with E-state index < -0.39 is 0 Å². The summed E-state index contributed by atoms with van der Waals surface area (Å²) < 4.78 is 0. The zero-order valence-electron chi connectivity index (χ0n) is 9.30. The highest BCUT2D eigenvalue weighted by Crippen LogP contribution is 2.40. The summed E-state index contributed by atoms with van der Waals surface area (Å²) in [5, 5.41) is 0. The fourth-order valence-corrected chi connectivity index (χ4v) is 2.93. The van der Waals surface area contributed by atoms with Crippen molar-refractivity contribution in [2.24, 2.45) is 29.6 Å². The third-order valence-electron chi connectivity index (χ3n) is 3.88. The Morgan fingerprint density at radius 3 is 2.08 bits per heavy atom. The van der Waals surface area contributed by atoms with Crippen molar-refractivity contribution < 1.29 is 0 Å². The van der Waals surface area contributed by atoms with Crippen molar-refractivity contribution in [2.75, 3.05) is 0 Å². The second kappa shape index (κ2) is 3.81. The summed E-state index contributed by atoms with van der Waals surface area (Å²) in [6.45, 7) is 12.0. The van der Waals surface area contributed by atoms with Gasteiger partial charge in [0.25, 0.3) is 0 Å². The second-order valence-electron chi connectivity index (χ2n) is 5.32. The Bertz CT molecular complexity index is 137. The maximum Gasteiger partial charge on any atom is -0.0360 e. The molecule has 1 rings (SSSR count). The van der Waals surface area contributed by atoms with Crippen molar-refractivity contribution in [3.8, 4) is 0 Å². The van der Waals surface area contributed by atoms with Crippen LogP contribution < -0.4 is 0 Å². The Morgan fingerprint density at radius 1 is 1.00 bits per heavy atom. The molecule has 12 heavy (non-hydrogen) atoms. The van der Waals surface area contributed by atoms with Gasteiger partial charge in [0, 0.05) is 0 Å². The molecular formula is C12H24. The molecule has 0 heterocycles. The molecule has 1 aliphatic carbocycles. The predicted molar refractivity (Wildman–Crippen MR) is 55.1 cm³/mol. The molecular weight excluding hydrogens is 144 g/mol. The third-order valence-corrected chi connectivity index (χ3v) is 3.88. The first kappa shape index (κ1) is 10.1. The van der Waals surface area contributed by atoms with E-state index in [2.05, 4.69) is 34.6 Å². The molecule has 0 nitrogen and oxygen atoms in total. The lowest BCUT2D eigenvalue weighted by atomic mass is 9.66. The van der Waals surface area contributed by atoms with Crippen molar-refractivity contribution in [1.29, 1.82) is 0 Å². The van der Waals surface area contributed by atoms with E-state index in [9.17, 15) is 0 Å². The Kier molecular flexibility index (Phi) is 3.20. The van der Waals surface area contributed by atoms with Gasteiger partial charge < -0.3 is 0 Å². The maximum absolute atomic E-state index is 2.45. The molecule has 0 heteroatoms. The van der Waals surface area contributed by atoms with Crippen molar-refractivity contribution in [1.82, 2.24) is 0 Å². The van der Waals surface area contributed by atoms with Crippen LogP contribution in [0.15, 0.2) is 0 Å². The van der Waals surface area contributed by atoms with E-state index in [1.165, 1.54) is 12.8 Å². The van der Waals surface area contributed by atoms with Crippen LogP contribution in [0.5, 0.6) is 0 Å². The van der Waals surface area contributed by atoms with Gasteiger partial charge in [0.1, 0.15) is 0 Å². The summed E-state index contributed by atoms with van der Waals surface area (Å²) in [6.07, 6.45) is 2.91. The molecule has 4 atom stereocenters. The number of hydrogen-bond acceptors (Lipinski definition) is 0. The van der Waals surface area contributed by atoms with Crippen molar-refractivity contribution in [2.45, 2.75) is 47.5 Å². The maximum atomic E-state index is 2.45. The van der Waals surface area contributed by atoms with Crippen LogP contribution in [0.3, 0.4) is 0 Å². The highest BCUT2D eigenvalue weighted by Gasteiger charge is 2.32.